The van der Waals surface area contributed by atoms with Gasteiger partial charge in [-0.25, -0.2) is 0 Å². The summed E-state index contributed by atoms with van der Waals surface area (Å²) in [6, 6.07) is 10.9. The van der Waals surface area contributed by atoms with Crippen LogP contribution in [0.15, 0.2) is 42.7 Å². The molecule has 2 rings (SSSR count). The molecular formula is C16H20N2. The lowest BCUT2D eigenvalue weighted by Crippen LogP contribution is -2.12. The van der Waals surface area contributed by atoms with Gasteiger partial charge in [0.15, 0.2) is 0 Å². The Morgan fingerprint density at radius 1 is 1.06 bits per heavy atom. The van der Waals surface area contributed by atoms with Crippen molar-refractivity contribution in [3.8, 4) is 0 Å². The molecule has 0 radical (unpaired) electrons. The van der Waals surface area contributed by atoms with Gasteiger partial charge in [0, 0.05) is 18.9 Å². The monoisotopic (exact) mass is 240 g/mol. The average Bonchev–Trinajstić information content (AvgIpc) is 2.41. The molecule has 1 aromatic heterocycles. The molecule has 0 amide bonds. The number of aromatic nitrogens is 1. The molecule has 0 aliphatic rings. The van der Waals surface area contributed by atoms with Gasteiger partial charge in [-0.2, -0.15) is 0 Å². The lowest BCUT2D eigenvalue weighted by molar-refractivity contribution is 0.726. The van der Waals surface area contributed by atoms with Gasteiger partial charge < -0.3 is 5.32 Å². The quantitative estimate of drug-likeness (QED) is 0.868. The second-order valence-corrected chi connectivity index (χ2v) is 4.57. The molecule has 2 nitrogen and oxygen atoms in total. The lowest BCUT2D eigenvalue weighted by Gasteiger charge is -2.09. The van der Waals surface area contributed by atoms with E-state index in [0.717, 1.165) is 19.5 Å². The fourth-order valence-corrected chi connectivity index (χ4v) is 2.02. The summed E-state index contributed by atoms with van der Waals surface area (Å²) in [5.41, 5.74) is 5.42. The molecule has 2 heteroatoms. The summed E-state index contributed by atoms with van der Waals surface area (Å²) in [4.78, 5) is 4.06. The first kappa shape index (κ1) is 12.8. The zero-order valence-corrected chi connectivity index (χ0v) is 11.1. The smallest absolute Gasteiger partial charge is 0.0270 e. The van der Waals surface area contributed by atoms with Gasteiger partial charge in [-0.3, -0.25) is 4.98 Å². The maximum atomic E-state index is 4.06. The molecule has 0 saturated carbocycles. The van der Waals surface area contributed by atoms with Gasteiger partial charge in [0.2, 0.25) is 0 Å². The molecule has 0 bridgehead atoms. The van der Waals surface area contributed by atoms with E-state index >= 15 is 0 Å². The van der Waals surface area contributed by atoms with E-state index in [9.17, 15) is 0 Å². The van der Waals surface area contributed by atoms with Crippen LogP contribution < -0.4 is 5.32 Å². The van der Waals surface area contributed by atoms with E-state index < -0.39 is 0 Å². The molecule has 0 aliphatic carbocycles. The topological polar surface area (TPSA) is 24.9 Å². The molecule has 18 heavy (non-hydrogen) atoms. The first-order valence-electron chi connectivity index (χ1n) is 6.47. The van der Waals surface area contributed by atoms with E-state index in [1.165, 1.54) is 22.3 Å². The molecule has 0 saturated heterocycles. The van der Waals surface area contributed by atoms with Crippen molar-refractivity contribution in [3.63, 3.8) is 0 Å². The van der Waals surface area contributed by atoms with Crippen LogP contribution in [-0.2, 0) is 13.0 Å². The van der Waals surface area contributed by atoms with Crippen LogP contribution in [0.5, 0.6) is 0 Å². The lowest BCUT2D eigenvalue weighted by atomic mass is 9.99. The van der Waals surface area contributed by atoms with Crippen molar-refractivity contribution in [1.82, 2.24) is 10.3 Å². The number of pyridine rings is 1. The van der Waals surface area contributed by atoms with E-state index in [-0.39, 0.29) is 0 Å². The Morgan fingerprint density at radius 2 is 1.83 bits per heavy atom. The minimum atomic E-state index is 0.945. The number of hydrogen-bond donors (Lipinski definition) is 1. The highest BCUT2D eigenvalue weighted by Gasteiger charge is 2.02. The Labute approximate surface area is 109 Å². The van der Waals surface area contributed by atoms with Crippen molar-refractivity contribution < 1.29 is 0 Å². The molecule has 0 unspecified atom stereocenters. The van der Waals surface area contributed by atoms with Crippen LogP contribution in [0.4, 0.5) is 0 Å². The number of hydrogen-bond acceptors (Lipinski definition) is 2. The summed E-state index contributed by atoms with van der Waals surface area (Å²) in [5, 5.41) is 3.37. The minimum absolute atomic E-state index is 0.945. The molecule has 2 aromatic rings. The third-order valence-electron chi connectivity index (χ3n) is 3.14. The summed E-state index contributed by atoms with van der Waals surface area (Å²) in [7, 11) is 0. The van der Waals surface area contributed by atoms with E-state index in [1.54, 1.807) is 0 Å². The van der Waals surface area contributed by atoms with E-state index in [2.05, 4.69) is 54.5 Å². The van der Waals surface area contributed by atoms with E-state index in [1.807, 2.05) is 12.4 Å². The second-order valence-electron chi connectivity index (χ2n) is 4.57. The van der Waals surface area contributed by atoms with Gasteiger partial charge in [0.1, 0.15) is 0 Å². The molecule has 0 spiro atoms. The number of benzene rings is 1. The van der Waals surface area contributed by atoms with Crippen molar-refractivity contribution in [2.24, 2.45) is 0 Å². The van der Waals surface area contributed by atoms with Gasteiger partial charge in [0.25, 0.3) is 0 Å². The first-order chi connectivity index (χ1) is 8.79. The van der Waals surface area contributed by atoms with E-state index in [0.29, 0.717) is 0 Å². The Balaban J connectivity index is 2.16. The zero-order valence-electron chi connectivity index (χ0n) is 11.1. The third kappa shape index (κ3) is 3.41. The molecule has 0 atom stereocenters. The van der Waals surface area contributed by atoms with Crippen molar-refractivity contribution in [2.45, 2.75) is 26.8 Å². The Morgan fingerprint density at radius 3 is 2.56 bits per heavy atom. The third-order valence-corrected chi connectivity index (χ3v) is 3.14. The number of aryl methyl sites for hydroxylation is 1. The Kier molecular flexibility index (Phi) is 4.48. The molecular weight excluding hydrogens is 220 g/mol. The Bertz CT molecular complexity index is 492. The highest BCUT2D eigenvalue weighted by atomic mass is 14.8. The van der Waals surface area contributed by atoms with Crippen molar-refractivity contribution in [3.05, 3.63) is 65.0 Å². The number of nitrogens with one attached hydrogen (secondary N) is 1. The van der Waals surface area contributed by atoms with Crippen molar-refractivity contribution >= 4 is 0 Å². The Hall–Kier alpha value is -1.67. The van der Waals surface area contributed by atoms with Gasteiger partial charge in [-0.1, -0.05) is 25.1 Å². The SMILES string of the molecule is CCNCc1ccc(C)c(Cc2ccncc2)c1. The summed E-state index contributed by atoms with van der Waals surface area (Å²) < 4.78 is 0. The standard InChI is InChI=1S/C16H20N2/c1-3-17-12-15-5-4-13(2)16(11-15)10-14-6-8-18-9-7-14/h4-9,11,17H,3,10,12H2,1-2H3. The maximum absolute atomic E-state index is 4.06. The zero-order chi connectivity index (χ0) is 12.8. The van der Waals surface area contributed by atoms with Crippen LogP contribution in [0.3, 0.4) is 0 Å². The fourth-order valence-electron chi connectivity index (χ4n) is 2.02. The molecule has 0 fully saturated rings. The van der Waals surface area contributed by atoms with Gasteiger partial charge in [-0.05, 0) is 54.3 Å². The van der Waals surface area contributed by atoms with Crippen LogP contribution >= 0.6 is 0 Å². The van der Waals surface area contributed by atoms with Crippen LogP contribution in [-0.4, -0.2) is 11.5 Å². The van der Waals surface area contributed by atoms with Crippen molar-refractivity contribution in [2.75, 3.05) is 6.54 Å². The highest BCUT2D eigenvalue weighted by molar-refractivity contribution is 5.35. The normalized spacial score (nSPS) is 10.6. The predicted octanol–water partition coefficient (Wildman–Crippen LogP) is 3.09. The van der Waals surface area contributed by atoms with Crippen LogP contribution in [0.2, 0.25) is 0 Å². The molecule has 94 valence electrons. The summed E-state index contributed by atoms with van der Waals surface area (Å²) >= 11 is 0. The molecule has 0 aliphatic heterocycles. The molecule has 1 heterocycles. The van der Waals surface area contributed by atoms with Gasteiger partial charge >= 0.3 is 0 Å². The maximum Gasteiger partial charge on any atom is 0.0270 e. The highest BCUT2D eigenvalue weighted by Crippen LogP contribution is 2.15. The molecule has 1 aromatic carbocycles. The van der Waals surface area contributed by atoms with Crippen LogP contribution in [0.25, 0.3) is 0 Å². The largest absolute Gasteiger partial charge is 0.313 e. The van der Waals surface area contributed by atoms with Crippen molar-refractivity contribution in [1.29, 1.82) is 0 Å². The summed E-state index contributed by atoms with van der Waals surface area (Å²) in [6.07, 6.45) is 4.69. The van der Waals surface area contributed by atoms with Gasteiger partial charge in [0.05, 0.1) is 0 Å². The van der Waals surface area contributed by atoms with Crippen LogP contribution in [0, 0.1) is 6.92 Å². The minimum Gasteiger partial charge on any atom is -0.313 e. The van der Waals surface area contributed by atoms with E-state index in [4.69, 9.17) is 0 Å². The first-order valence-corrected chi connectivity index (χ1v) is 6.47. The number of nitrogens with zero attached hydrogens (tertiary/aromatic N) is 1. The second kappa shape index (κ2) is 6.31. The van der Waals surface area contributed by atoms with Crippen LogP contribution in [0.1, 0.15) is 29.2 Å². The fraction of sp³-hybridized carbons (Fsp3) is 0.312. The van der Waals surface area contributed by atoms with Gasteiger partial charge in [-0.15, -0.1) is 0 Å². The molecule has 1 N–H and O–H groups in total. The summed E-state index contributed by atoms with van der Waals surface area (Å²) in [5.74, 6) is 0. The average molecular weight is 240 g/mol. The predicted molar refractivity (Wildman–Crippen MR) is 75.6 cm³/mol. The number of rotatable bonds is 5. The summed E-state index contributed by atoms with van der Waals surface area (Å²) in [6.45, 7) is 6.26.